The molecule has 1 aromatic carbocycles. The minimum absolute atomic E-state index is 0.172. The monoisotopic (exact) mass is 298 g/mol. The van der Waals surface area contributed by atoms with Crippen LogP contribution >= 0.6 is 0 Å². The van der Waals surface area contributed by atoms with Crippen molar-refractivity contribution >= 4 is 5.91 Å². The number of aliphatic hydroxyl groups is 1. The Morgan fingerprint density at radius 3 is 2.67 bits per heavy atom. The molecule has 21 heavy (non-hydrogen) atoms. The summed E-state index contributed by atoms with van der Waals surface area (Å²) in [7, 11) is 3.58. The number of nitrogens with zero attached hydrogens (tertiary/aromatic N) is 2. The van der Waals surface area contributed by atoms with Crippen LogP contribution < -0.4 is 0 Å². The molecule has 0 bridgehead atoms. The average molecular weight is 298 g/mol. The molecule has 1 aromatic rings. The second kappa shape index (κ2) is 6.07. The van der Waals surface area contributed by atoms with Gasteiger partial charge in [-0.05, 0) is 44.6 Å². The van der Waals surface area contributed by atoms with E-state index in [-0.39, 0.29) is 19.0 Å². The van der Waals surface area contributed by atoms with Gasteiger partial charge in [0.1, 0.15) is 0 Å². The highest BCUT2D eigenvalue weighted by atomic mass is 19.2. The molecule has 6 heteroatoms. The second-order valence-electron chi connectivity index (χ2n) is 5.85. The van der Waals surface area contributed by atoms with Gasteiger partial charge in [-0.2, -0.15) is 0 Å². The minimum Gasteiger partial charge on any atom is -0.379 e. The summed E-state index contributed by atoms with van der Waals surface area (Å²) in [4.78, 5) is 15.7. The zero-order chi connectivity index (χ0) is 15.6. The van der Waals surface area contributed by atoms with Crippen molar-refractivity contribution in [2.24, 2.45) is 0 Å². The normalized spacial score (nSPS) is 23.0. The van der Waals surface area contributed by atoms with Crippen molar-refractivity contribution in [1.29, 1.82) is 0 Å². The van der Waals surface area contributed by atoms with Gasteiger partial charge in [-0.3, -0.25) is 4.79 Å². The van der Waals surface area contributed by atoms with Crippen LogP contribution in [0.1, 0.15) is 18.4 Å². The molecular weight excluding hydrogens is 278 g/mol. The third kappa shape index (κ3) is 3.57. The van der Waals surface area contributed by atoms with E-state index in [2.05, 4.69) is 0 Å². The lowest BCUT2D eigenvalue weighted by molar-refractivity contribution is -0.159. The van der Waals surface area contributed by atoms with Gasteiger partial charge in [-0.25, -0.2) is 8.78 Å². The number of likely N-dealkylation sites (tertiary alicyclic amines) is 1. The number of hydrogen-bond acceptors (Lipinski definition) is 3. The molecule has 2 rings (SSSR count). The molecular formula is C15H20F2N2O2. The van der Waals surface area contributed by atoms with Gasteiger partial charge in [-0.15, -0.1) is 0 Å². The molecule has 4 nitrogen and oxygen atoms in total. The van der Waals surface area contributed by atoms with E-state index in [9.17, 15) is 18.7 Å². The fourth-order valence-corrected chi connectivity index (χ4v) is 2.74. The third-order valence-corrected chi connectivity index (χ3v) is 3.64. The number of piperidine rings is 1. The average Bonchev–Trinajstić information content (AvgIpc) is 2.39. The van der Waals surface area contributed by atoms with Gasteiger partial charge in [-0.1, -0.05) is 6.07 Å². The van der Waals surface area contributed by atoms with Gasteiger partial charge in [0.2, 0.25) is 0 Å². The highest BCUT2D eigenvalue weighted by Gasteiger charge is 2.42. The van der Waals surface area contributed by atoms with E-state index in [0.29, 0.717) is 24.9 Å². The maximum Gasteiger partial charge on any atom is 0.256 e. The number of carbonyl (C=O) groups is 1. The molecule has 0 radical (unpaired) electrons. The van der Waals surface area contributed by atoms with Crippen molar-refractivity contribution in [2.45, 2.75) is 25.0 Å². The minimum atomic E-state index is -1.40. The summed E-state index contributed by atoms with van der Waals surface area (Å²) in [5.41, 5.74) is -0.892. The Labute approximate surface area is 123 Å². The van der Waals surface area contributed by atoms with Gasteiger partial charge in [0.15, 0.2) is 17.2 Å². The molecule has 1 atom stereocenters. The molecule has 1 fully saturated rings. The first kappa shape index (κ1) is 15.9. The first-order chi connectivity index (χ1) is 9.82. The summed E-state index contributed by atoms with van der Waals surface area (Å²) < 4.78 is 26.1. The van der Waals surface area contributed by atoms with Crippen molar-refractivity contribution in [3.63, 3.8) is 0 Å². The molecule has 1 saturated heterocycles. The van der Waals surface area contributed by atoms with Crippen molar-refractivity contribution in [3.8, 4) is 0 Å². The fraction of sp³-hybridized carbons (Fsp3) is 0.533. The van der Waals surface area contributed by atoms with Crippen molar-refractivity contribution in [2.75, 3.05) is 27.2 Å². The maximum absolute atomic E-state index is 13.2. The highest BCUT2D eigenvalue weighted by Crippen LogP contribution is 2.25. The second-order valence-corrected chi connectivity index (χ2v) is 5.85. The molecule has 0 unspecified atom stereocenters. The van der Waals surface area contributed by atoms with Crippen LogP contribution in [0.2, 0.25) is 0 Å². The predicted octanol–water partition coefficient (Wildman–Crippen LogP) is 1.38. The molecule has 1 aliphatic heterocycles. The molecule has 1 heterocycles. The van der Waals surface area contributed by atoms with Crippen LogP contribution in [0, 0.1) is 11.6 Å². The molecule has 0 saturated carbocycles. The Hall–Kier alpha value is -1.53. The standard InChI is InChI=1S/C15H20F2N2O2/c1-18(2)10-15(21)6-3-7-19(14(15)20)9-11-4-5-12(16)13(17)8-11/h4-5,8,21H,3,6-7,9-10H2,1-2H3/t15-/m1/s1. The molecule has 1 amide bonds. The molecule has 0 spiro atoms. The number of rotatable bonds is 4. The zero-order valence-electron chi connectivity index (χ0n) is 12.3. The summed E-state index contributed by atoms with van der Waals surface area (Å²) in [6.07, 6.45) is 1.10. The first-order valence-corrected chi connectivity index (χ1v) is 6.92. The van der Waals surface area contributed by atoms with Crippen LogP contribution in [0.5, 0.6) is 0 Å². The lowest BCUT2D eigenvalue weighted by Gasteiger charge is -2.39. The fourth-order valence-electron chi connectivity index (χ4n) is 2.74. The molecule has 116 valence electrons. The van der Waals surface area contributed by atoms with E-state index in [0.717, 1.165) is 12.1 Å². The number of likely N-dealkylation sites (N-methyl/N-ethyl adjacent to an activating group) is 1. The molecule has 0 aliphatic carbocycles. The summed E-state index contributed by atoms with van der Waals surface area (Å²) in [6, 6.07) is 3.58. The SMILES string of the molecule is CN(C)C[C@]1(O)CCCN(Cc2ccc(F)c(F)c2)C1=O. The van der Waals surface area contributed by atoms with Crippen LogP contribution in [0.15, 0.2) is 18.2 Å². The third-order valence-electron chi connectivity index (χ3n) is 3.64. The lowest BCUT2D eigenvalue weighted by atomic mass is 9.91. The summed E-state index contributed by atoms with van der Waals surface area (Å²) in [5.74, 6) is -2.19. The first-order valence-electron chi connectivity index (χ1n) is 6.92. The number of hydrogen-bond donors (Lipinski definition) is 1. The Kier molecular flexibility index (Phi) is 4.58. The van der Waals surface area contributed by atoms with Crippen LogP contribution in [-0.2, 0) is 11.3 Å². The van der Waals surface area contributed by atoms with Gasteiger partial charge >= 0.3 is 0 Å². The van der Waals surface area contributed by atoms with Crippen LogP contribution in [-0.4, -0.2) is 53.6 Å². The predicted molar refractivity (Wildman–Crippen MR) is 74.5 cm³/mol. The Morgan fingerprint density at radius 1 is 1.33 bits per heavy atom. The number of halogens is 2. The van der Waals surface area contributed by atoms with E-state index < -0.39 is 17.2 Å². The van der Waals surface area contributed by atoms with Gasteiger partial charge in [0.05, 0.1) is 0 Å². The number of benzene rings is 1. The van der Waals surface area contributed by atoms with Gasteiger partial charge in [0.25, 0.3) is 5.91 Å². The van der Waals surface area contributed by atoms with Crippen LogP contribution in [0.25, 0.3) is 0 Å². The molecule has 1 aliphatic rings. The largest absolute Gasteiger partial charge is 0.379 e. The molecule has 0 aromatic heterocycles. The van der Waals surface area contributed by atoms with Crippen molar-refractivity contribution in [1.82, 2.24) is 9.80 Å². The topological polar surface area (TPSA) is 43.8 Å². The van der Waals surface area contributed by atoms with E-state index >= 15 is 0 Å². The smallest absolute Gasteiger partial charge is 0.256 e. The lowest BCUT2D eigenvalue weighted by Crippen LogP contribution is -2.57. The molecule has 1 N–H and O–H groups in total. The van der Waals surface area contributed by atoms with E-state index in [4.69, 9.17) is 0 Å². The summed E-state index contributed by atoms with van der Waals surface area (Å²) in [5, 5.41) is 10.5. The van der Waals surface area contributed by atoms with E-state index in [1.54, 1.807) is 19.0 Å². The Morgan fingerprint density at radius 2 is 2.05 bits per heavy atom. The summed E-state index contributed by atoms with van der Waals surface area (Å²) >= 11 is 0. The van der Waals surface area contributed by atoms with Gasteiger partial charge < -0.3 is 14.9 Å². The summed E-state index contributed by atoms with van der Waals surface area (Å²) in [6.45, 7) is 0.930. The Balaban J connectivity index is 2.12. The number of amides is 1. The zero-order valence-corrected chi connectivity index (χ0v) is 12.3. The van der Waals surface area contributed by atoms with E-state index in [1.807, 2.05) is 0 Å². The van der Waals surface area contributed by atoms with Crippen LogP contribution in [0.4, 0.5) is 8.78 Å². The maximum atomic E-state index is 13.2. The highest BCUT2D eigenvalue weighted by molar-refractivity contribution is 5.86. The van der Waals surface area contributed by atoms with Crippen molar-refractivity contribution in [3.05, 3.63) is 35.4 Å². The number of carbonyl (C=O) groups excluding carboxylic acids is 1. The Bertz CT molecular complexity index is 536. The van der Waals surface area contributed by atoms with Crippen LogP contribution in [0.3, 0.4) is 0 Å². The van der Waals surface area contributed by atoms with E-state index in [1.165, 1.54) is 11.0 Å². The quantitative estimate of drug-likeness (QED) is 0.913. The van der Waals surface area contributed by atoms with Crippen molar-refractivity contribution < 1.29 is 18.7 Å². The van der Waals surface area contributed by atoms with Gasteiger partial charge in [0, 0.05) is 19.6 Å².